The number of esters is 2. The largest absolute Gasteiger partial charge is 0.756 e. The van der Waals surface area contributed by atoms with Crippen LogP contribution in [0.1, 0.15) is 322 Å². The molecule has 0 aliphatic rings. The summed E-state index contributed by atoms with van der Waals surface area (Å²) in [7, 11) is 1.17. The van der Waals surface area contributed by atoms with Crippen LogP contribution < -0.4 is 4.89 Å². The maximum atomic E-state index is 12.9. The summed E-state index contributed by atoms with van der Waals surface area (Å²) >= 11 is 0. The van der Waals surface area contributed by atoms with Crippen molar-refractivity contribution >= 4 is 19.8 Å². The minimum absolute atomic E-state index is 0.0326. The van der Waals surface area contributed by atoms with Crippen molar-refractivity contribution in [2.24, 2.45) is 0 Å². The first-order chi connectivity index (χ1) is 42.0. The third-order valence-corrected chi connectivity index (χ3v) is 16.6. The van der Waals surface area contributed by atoms with Crippen LogP contribution in [0.3, 0.4) is 0 Å². The number of nitrogens with zero attached hydrogens (tertiary/aromatic N) is 1. The minimum Gasteiger partial charge on any atom is -0.756 e. The van der Waals surface area contributed by atoms with Gasteiger partial charge in [0.25, 0.3) is 7.82 Å². The molecule has 10 heteroatoms. The highest BCUT2D eigenvalue weighted by Crippen LogP contribution is 2.38. The topological polar surface area (TPSA) is 111 Å². The summed E-state index contributed by atoms with van der Waals surface area (Å²) in [5.41, 5.74) is 0. The molecule has 0 aromatic carbocycles. The highest BCUT2D eigenvalue weighted by Gasteiger charge is 2.22. The van der Waals surface area contributed by atoms with Crippen LogP contribution in [-0.4, -0.2) is 70.0 Å². The van der Waals surface area contributed by atoms with Gasteiger partial charge in [-0.2, -0.15) is 0 Å². The molecule has 0 aliphatic heterocycles. The number of phosphoric ester groups is 1. The van der Waals surface area contributed by atoms with Gasteiger partial charge in [-0.15, -0.1) is 0 Å². The Bertz CT molecular complexity index is 1770. The lowest BCUT2D eigenvalue weighted by atomic mass is 10.0. The van der Waals surface area contributed by atoms with E-state index >= 15 is 0 Å². The molecule has 86 heavy (non-hydrogen) atoms. The van der Waals surface area contributed by atoms with Crippen LogP contribution in [-0.2, 0) is 32.7 Å². The third-order valence-electron chi connectivity index (χ3n) is 15.6. The van der Waals surface area contributed by atoms with Crippen LogP contribution in [0, 0.1) is 0 Å². The first-order valence-electron chi connectivity index (χ1n) is 35.9. The van der Waals surface area contributed by atoms with E-state index in [0.717, 1.165) is 83.5 Å². The van der Waals surface area contributed by atoms with E-state index in [1.165, 1.54) is 205 Å². The Labute approximate surface area is 532 Å². The number of hydrogen-bond donors (Lipinski definition) is 0. The minimum atomic E-state index is -4.65. The molecule has 0 radical (unpaired) electrons. The molecule has 2 atom stereocenters. The molecule has 2 unspecified atom stereocenters. The van der Waals surface area contributed by atoms with Crippen molar-refractivity contribution in [3.63, 3.8) is 0 Å². The second kappa shape index (κ2) is 66.4. The van der Waals surface area contributed by atoms with Gasteiger partial charge in [0, 0.05) is 12.8 Å². The normalized spacial score (nSPS) is 13.7. The van der Waals surface area contributed by atoms with Gasteiger partial charge in [-0.3, -0.25) is 14.2 Å². The zero-order valence-corrected chi connectivity index (χ0v) is 57.6. The number of hydrogen-bond acceptors (Lipinski definition) is 8. The molecule has 0 aromatic rings. The Hall–Kier alpha value is -3.07. The number of carbonyl (C=O) groups is 2. The van der Waals surface area contributed by atoms with Crippen molar-refractivity contribution in [3.8, 4) is 0 Å². The van der Waals surface area contributed by atoms with E-state index in [4.69, 9.17) is 18.5 Å². The van der Waals surface area contributed by atoms with Crippen LogP contribution >= 0.6 is 7.82 Å². The van der Waals surface area contributed by atoms with Gasteiger partial charge in [-0.05, 0) is 96.3 Å². The molecule has 0 N–H and O–H groups in total. The Morgan fingerprint density at radius 3 is 0.988 bits per heavy atom. The quantitative estimate of drug-likeness (QED) is 0.0195. The molecule has 0 saturated heterocycles. The summed E-state index contributed by atoms with van der Waals surface area (Å²) in [4.78, 5) is 38.1. The molecule has 9 nitrogen and oxygen atoms in total. The molecule has 498 valence electrons. The average Bonchev–Trinajstić information content (AvgIpc) is 3.70. The van der Waals surface area contributed by atoms with Crippen molar-refractivity contribution in [3.05, 3.63) is 97.2 Å². The summed E-state index contributed by atoms with van der Waals surface area (Å²) in [6.07, 6.45) is 92.0. The van der Waals surface area contributed by atoms with Gasteiger partial charge in [-0.1, -0.05) is 310 Å². The fraction of sp³-hybridized carbons (Fsp3) is 0.763. The molecule has 0 rings (SSSR count). The Morgan fingerprint density at radius 1 is 0.372 bits per heavy atom. The second-order valence-corrected chi connectivity index (χ2v) is 26.6. The zero-order chi connectivity index (χ0) is 62.6. The fourth-order valence-electron chi connectivity index (χ4n) is 10.1. The van der Waals surface area contributed by atoms with E-state index in [0.29, 0.717) is 17.4 Å². The zero-order valence-electron chi connectivity index (χ0n) is 56.7. The molecule has 0 fully saturated rings. The number of rotatable bonds is 66. The van der Waals surface area contributed by atoms with E-state index in [-0.39, 0.29) is 32.0 Å². The Morgan fingerprint density at radius 2 is 0.663 bits per heavy atom. The van der Waals surface area contributed by atoms with Crippen LogP contribution in [0.4, 0.5) is 0 Å². The van der Waals surface area contributed by atoms with Crippen LogP contribution in [0.15, 0.2) is 97.2 Å². The summed E-state index contributed by atoms with van der Waals surface area (Å²) in [5.74, 6) is -0.824. The summed E-state index contributed by atoms with van der Waals surface area (Å²) in [6, 6.07) is 0. The smallest absolute Gasteiger partial charge is 0.306 e. The molecule has 0 heterocycles. The molecule has 0 aromatic heterocycles. The number of quaternary nitrogens is 1. The molecule has 0 spiro atoms. The standard InChI is InChI=1S/C76H136NO8P/c1-6-8-10-12-14-16-18-20-22-24-26-28-30-32-34-36-37-38-39-41-43-45-47-49-51-53-55-57-59-61-63-65-67-69-76(79)85-74(73-84-86(80,81)83-71-70-77(3,4)5)72-82-75(78)68-66-64-62-60-58-56-54-52-50-48-46-44-42-40-35-33-31-29-27-25-23-21-19-17-15-13-11-9-7-2/h8,10,14,16,19-22,25-28,31-34,74H,6-7,9,11-13,15,17-18,23-24,29-30,35-73H2,1-5H3/b10-8-,16-14-,21-19-,22-20-,27-25-,28-26-,33-31-,34-32-. The van der Waals surface area contributed by atoms with Gasteiger partial charge in [-0.25, -0.2) is 0 Å². The lowest BCUT2D eigenvalue weighted by molar-refractivity contribution is -0.870. The molecule has 0 bridgehead atoms. The van der Waals surface area contributed by atoms with Gasteiger partial charge >= 0.3 is 11.9 Å². The molecule has 0 saturated carbocycles. The van der Waals surface area contributed by atoms with E-state index in [1.807, 2.05) is 21.1 Å². The van der Waals surface area contributed by atoms with Crippen molar-refractivity contribution in [2.45, 2.75) is 328 Å². The van der Waals surface area contributed by atoms with Gasteiger partial charge in [0.1, 0.15) is 19.8 Å². The van der Waals surface area contributed by atoms with Gasteiger partial charge < -0.3 is 27.9 Å². The number of carbonyl (C=O) groups excluding carboxylic acids is 2. The van der Waals surface area contributed by atoms with Crippen LogP contribution in [0.25, 0.3) is 0 Å². The van der Waals surface area contributed by atoms with E-state index in [9.17, 15) is 19.0 Å². The van der Waals surface area contributed by atoms with E-state index in [2.05, 4.69) is 111 Å². The first-order valence-corrected chi connectivity index (χ1v) is 37.4. The van der Waals surface area contributed by atoms with Gasteiger partial charge in [0.2, 0.25) is 0 Å². The summed E-state index contributed by atoms with van der Waals surface area (Å²) < 4.78 is 34.4. The molecular formula is C76H136NO8P. The van der Waals surface area contributed by atoms with E-state index in [1.54, 1.807) is 0 Å². The molecule has 0 aliphatic carbocycles. The average molecular weight is 1220 g/mol. The number of unbranched alkanes of at least 4 members (excludes halogenated alkanes) is 36. The highest BCUT2D eigenvalue weighted by molar-refractivity contribution is 7.45. The van der Waals surface area contributed by atoms with E-state index < -0.39 is 26.5 Å². The third kappa shape index (κ3) is 70.0. The Balaban J connectivity index is 4.03. The van der Waals surface area contributed by atoms with Crippen molar-refractivity contribution in [2.75, 3.05) is 47.5 Å². The first kappa shape index (κ1) is 82.9. The maximum Gasteiger partial charge on any atom is 0.306 e. The number of ether oxygens (including phenoxy) is 2. The monoisotopic (exact) mass is 1220 g/mol. The predicted octanol–water partition coefficient (Wildman–Crippen LogP) is 22.9. The number of allylic oxidation sites excluding steroid dienone is 16. The van der Waals surface area contributed by atoms with Crippen molar-refractivity contribution in [1.29, 1.82) is 0 Å². The Kier molecular flexibility index (Phi) is 64.0. The number of phosphoric acid groups is 1. The van der Waals surface area contributed by atoms with Crippen LogP contribution in [0.2, 0.25) is 0 Å². The molecule has 0 amide bonds. The summed E-state index contributed by atoms with van der Waals surface area (Å²) in [6.45, 7) is 4.15. The molecular weight excluding hydrogens is 1090 g/mol. The van der Waals surface area contributed by atoms with Gasteiger partial charge in [0.15, 0.2) is 6.10 Å². The SMILES string of the molecule is CC/C=C\C/C=C\C/C=C\C/C=C\C/C=C\CCCCCCCCCCCCCCCCCCCC(=O)OC(COC(=O)CCCCCCCCCCCCCCCC/C=C\C/C=C\C/C=C\CCCCCCC)COP(=O)([O-])OCC[N+](C)(C)C. The van der Waals surface area contributed by atoms with Crippen molar-refractivity contribution in [1.82, 2.24) is 0 Å². The maximum absolute atomic E-state index is 12.9. The lowest BCUT2D eigenvalue weighted by Crippen LogP contribution is -2.37. The van der Waals surface area contributed by atoms with Crippen molar-refractivity contribution < 1.29 is 42.1 Å². The summed E-state index contributed by atoms with van der Waals surface area (Å²) in [5, 5.41) is 0. The second-order valence-electron chi connectivity index (χ2n) is 25.2. The van der Waals surface area contributed by atoms with Gasteiger partial charge in [0.05, 0.1) is 27.7 Å². The fourth-order valence-corrected chi connectivity index (χ4v) is 10.8. The lowest BCUT2D eigenvalue weighted by Gasteiger charge is -2.28. The highest BCUT2D eigenvalue weighted by atomic mass is 31.2. The number of likely N-dealkylation sites (N-methyl/N-ethyl adjacent to an activating group) is 1. The predicted molar refractivity (Wildman–Crippen MR) is 369 cm³/mol. The van der Waals surface area contributed by atoms with Crippen LogP contribution in [0.5, 0.6) is 0 Å².